The van der Waals surface area contributed by atoms with Crippen molar-refractivity contribution < 1.29 is 4.74 Å². The highest BCUT2D eigenvalue weighted by Gasteiger charge is 2.16. The molecule has 0 saturated heterocycles. The average Bonchev–Trinajstić information content (AvgIpc) is 2.77. The molecule has 5 nitrogen and oxygen atoms in total. The molecule has 0 N–H and O–H groups in total. The first-order valence-electron chi connectivity index (χ1n) is 6.30. The van der Waals surface area contributed by atoms with Crippen LogP contribution in [0.5, 0.6) is 5.75 Å². The lowest BCUT2D eigenvalue weighted by Gasteiger charge is -2.13. The molecule has 3 rings (SSSR count). The van der Waals surface area contributed by atoms with Crippen molar-refractivity contribution in [2.24, 2.45) is 0 Å². The zero-order valence-corrected chi connectivity index (χ0v) is 11.9. The summed E-state index contributed by atoms with van der Waals surface area (Å²) >= 11 is 6.20. The van der Waals surface area contributed by atoms with Gasteiger partial charge in [-0.3, -0.25) is 4.57 Å². The predicted octanol–water partition coefficient (Wildman–Crippen LogP) is 3.18. The number of imidazole rings is 1. The first-order chi connectivity index (χ1) is 9.72. The van der Waals surface area contributed by atoms with Gasteiger partial charge in [-0.1, -0.05) is 23.7 Å². The number of hydrogen-bond donors (Lipinski definition) is 0. The number of aromatic nitrogens is 4. The monoisotopic (exact) mass is 288 g/mol. The number of ether oxygens (including phenoxy) is 1. The number of rotatable bonds is 3. The van der Waals surface area contributed by atoms with E-state index < -0.39 is 0 Å². The maximum Gasteiger partial charge on any atom is 0.182 e. The third-order valence-electron chi connectivity index (χ3n) is 2.98. The summed E-state index contributed by atoms with van der Waals surface area (Å²) in [4.78, 5) is 12.6. The van der Waals surface area contributed by atoms with E-state index in [0.29, 0.717) is 22.9 Å². The van der Waals surface area contributed by atoms with Crippen molar-refractivity contribution >= 4 is 22.8 Å². The highest BCUT2D eigenvalue weighted by atomic mass is 35.5. The molecule has 6 heteroatoms. The fraction of sp³-hybridized carbons (Fsp3) is 0.214. The van der Waals surface area contributed by atoms with Gasteiger partial charge in [-0.05, 0) is 26.0 Å². The Hall–Kier alpha value is -2.14. The van der Waals surface area contributed by atoms with Gasteiger partial charge in [-0.15, -0.1) is 0 Å². The van der Waals surface area contributed by atoms with Gasteiger partial charge in [0.15, 0.2) is 10.8 Å². The van der Waals surface area contributed by atoms with E-state index in [1.165, 1.54) is 6.33 Å². The Morgan fingerprint density at radius 3 is 2.85 bits per heavy atom. The van der Waals surface area contributed by atoms with Gasteiger partial charge in [0.25, 0.3) is 0 Å². The van der Waals surface area contributed by atoms with Gasteiger partial charge in [-0.2, -0.15) is 0 Å². The molecule has 3 aromatic rings. The molecular weight excluding hydrogens is 276 g/mol. The van der Waals surface area contributed by atoms with Crippen LogP contribution in [0.25, 0.3) is 16.9 Å². The molecule has 2 aromatic heterocycles. The second-order valence-corrected chi connectivity index (χ2v) is 4.59. The van der Waals surface area contributed by atoms with E-state index in [2.05, 4.69) is 15.0 Å². The normalized spacial score (nSPS) is 10.9. The summed E-state index contributed by atoms with van der Waals surface area (Å²) in [6.07, 6.45) is 1.41. The molecule has 0 aliphatic rings. The van der Waals surface area contributed by atoms with Gasteiger partial charge in [0, 0.05) is 0 Å². The number of aryl methyl sites for hydroxylation is 1. The van der Waals surface area contributed by atoms with Crippen LogP contribution in [0.15, 0.2) is 30.6 Å². The molecule has 0 aliphatic carbocycles. The number of benzene rings is 1. The van der Waals surface area contributed by atoms with Crippen molar-refractivity contribution in [2.75, 3.05) is 6.61 Å². The average molecular weight is 289 g/mol. The van der Waals surface area contributed by atoms with Gasteiger partial charge in [-0.25, -0.2) is 15.0 Å². The summed E-state index contributed by atoms with van der Waals surface area (Å²) in [6, 6.07) is 7.76. The molecule has 0 aliphatic heterocycles. The third-order valence-corrected chi connectivity index (χ3v) is 3.26. The minimum atomic E-state index is 0.377. The topological polar surface area (TPSA) is 52.8 Å². The van der Waals surface area contributed by atoms with E-state index in [-0.39, 0.29) is 0 Å². The van der Waals surface area contributed by atoms with Crippen LogP contribution in [0.2, 0.25) is 5.15 Å². The number of para-hydroxylation sites is 2. The second kappa shape index (κ2) is 5.09. The number of hydrogen-bond acceptors (Lipinski definition) is 4. The Balaban J connectivity index is 2.32. The Bertz CT molecular complexity index is 769. The molecule has 0 saturated carbocycles. The summed E-state index contributed by atoms with van der Waals surface area (Å²) in [6.45, 7) is 4.44. The number of nitrogens with zero attached hydrogens (tertiary/aromatic N) is 4. The Morgan fingerprint density at radius 2 is 2.05 bits per heavy atom. The molecule has 102 valence electrons. The lowest BCUT2D eigenvalue weighted by atomic mass is 10.3. The van der Waals surface area contributed by atoms with Gasteiger partial charge in [0.2, 0.25) is 0 Å². The number of fused-ring (bicyclic) bond motifs is 1. The Morgan fingerprint density at radius 1 is 1.25 bits per heavy atom. The SMILES string of the molecule is CCOc1ccccc1-n1c(C)nc2ncnc(Cl)c21. The van der Waals surface area contributed by atoms with Gasteiger partial charge in [0.05, 0.1) is 12.3 Å². The fourth-order valence-corrected chi connectivity index (χ4v) is 2.41. The molecule has 0 spiro atoms. The first kappa shape index (κ1) is 12.9. The fourth-order valence-electron chi connectivity index (χ4n) is 2.20. The van der Waals surface area contributed by atoms with Crippen LogP contribution in [0, 0.1) is 6.92 Å². The lowest BCUT2D eigenvalue weighted by Crippen LogP contribution is -2.02. The van der Waals surface area contributed by atoms with E-state index in [0.717, 1.165) is 17.3 Å². The van der Waals surface area contributed by atoms with E-state index in [1.807, 2.05) is 42.7 Å². The second-order valence-electron chi connectivity index (χ2n) is 4.23. The Kier molecular flexibility index (Phi) is 3.28. The molecule has 0 unspecified atom stereocenters. The quantitative estimate of drug-likeness (QED) is 0.695. The van der Waals surface area contributed by atoms with Crippen molar-refractivity contribution in [1.82, 2.24) is 19.5 Å². The smallest absolute Gasteiger partial charge is 0.182 e. The maximum absolute atomic E-state index is 6.20. The maximum atomic E-state index is 6.20. The van der Waals surface area contributed by atoms with Gasteiger partial charge >= 0.3 is 0 Å². The highest BCUT2D eigenvalue weighted by Crippen LogP contribution is 2.30. The summed E-state index contributed by atoms with van der Waals surface area (Å²) in [5.41, 5.74) is 2.15. The van der Waals surface area contributed by atoms with Crippen molar-refractivity contribution in [1.29, 1.82) is 0 Å². The molecule has 2 heterocycles. The van der Waals surface area contributed by atoms with Crippen LogP contribution >= 0.6 is 11.6 Å². The van der Waals surface area contributed by atoms with E-state index in [1.54, 1.807) is 0 Å². The van der Waals surface area contributed by atoms with Crippen LogP contribution in [-0.4, -0.2) is 26.1 Å². The molecule has 0 bridgehead atoms. The predicted molar refractivity (Wildman–Crippen MR) is 77.6 cm³/mol. The molecule has 20 heavy (non-hydrogen) atoms. The van der Waals surface area contributed by atoms with E-state index in [4.69, 9.17) is 16.3 Å². The minimum Gasteiger partial charge on any atom is -0.492 e. The van der Waals surface area contributed by atoms with Crippen molar-refractivity contribution in [3.8, 4) is 11.4 Å². The molecule has 0 fully saturated rings. The largest absolute Gasteiger partial charge is 0.492 e. The van der Waals surface area contributed by atoms with Crippen molar-refractivity contribution in [2.45, 2.75) is 13.8 Å². The molecular formula is C14H13ClN4O. The third kappa shape index (κ3) is 2.00. The summed E-state index contributed by atoms with van der Waals surface area (Å²) < 4.78 is 7.59. The zero-order valence-electron chi connectivity index (χ0n) is 11.2. The van der Waals surface area contributed by atoms with Gasteiger partial charge < -0.3 is 4.74 Å². The van der Waals surface area contributed by atoms with Crippen LogP contribution in [0.3, 0.4) is 0 Å². The van der Waals surface area contributed by atoms with Crippen LogP contribution < -0.4 is 4.74 Å². The number of halogens is 1. The standard InChI is InChI=1S/C14H13ClN4O/c1-3-20-11-7-5-4-6-10(11)19-9(2)18-14-12(19)13(15)16-8-17-14/h4-8H,3H2,1-2H3. The lowest BCUT2D eigenvalue weighted by molar-refractivity contribution is 0.339. The molecule has 1 aromatic carbocycles. The summed E-state index contributed by atoms with van der Waals surface area (Å²) in [5.74, 6) is 1.56. The molecule has 0 radical (unpaired) electrons. The molecule has 0 amide bonds. The van der Waals surface area contributed by atoms with Crippen molar-refractivity contribution in [3.63, 3.8) is 0 Å². The van der Waals surface area contributed by atoms with Crippen LogP contribution in [-0.2, 0) is 0 Å². The van der Waals surface area contributed by atoms with Crippen LogP contribution in [0.4, 0.5) is 0 Å². The van der Waals surface area contributed by atoms with Gasteiger partial charge in [0.1, 0.15) is 23.4 Å². The van der Waals surface area contributed by atoms with Crippen molar-refractivity contribution in [3.05, 3.63) is 41.6 Å². The van der Waals surface area contributed by atoms with E-state index >= 15 is 0 Å². The van der Waals surface area contributed by atoms with Crippen LogP contribution in [0.1, 0.15) is 12.7 Å². The molecule has 0 atom stereocenters. The first-order valence-corrected chi connectivity index (χ1v) is 6.68. The summed E-state index contributed by atoms with van der Waals surface area (Å²) in [5, 5.41) is 0.377. The summed E-state index contributed by atoms with van der Waals surface area (Å²) in [7, 11) is 0. The Labute approximate surface area is 121 Å². The van der Waals surface area contributed by atoms with E-state index in [9.17, 15) is 0 Å². The zero-order chi connectivity index (χ0) is 14.1. The minimum absolute atomic E-state index is 0.377. The highest BCUT2D eigenvalue weighted by molar-refractivity contribution is 6.33.